The molecule has 3 aromatic rings. The standard InChI is InChI=1S/C22H19F3N2O3S/c1-13-11-14(7-9-16(13)17-5-3-4-6-18(17)22(23,24)25)21(28)27-15-8-10-20(31(26)29)19(12-15)30-2/h3-12H,26H2,1-2H3,(H,27,28). The lowest BCUT2D eigenvalue weighted by Crippen LogP contribution is -2.13. The van der Waals surface area contributed by atoms with Gasteiger partial charge in [0.05, 0.1) is 17.6 Å². The number of alkyl halides is 3. The molecule has 1 atom stereocenters. The highest BCUT2D eigenvalue weighted by Gasteiger charge is 2.33. The number of methoxy groups -OCH3 is 1. The molecule has 1 amide bonds. The number of ether oxygens (including phenoxy) is 1. The summed E-state index contributed by atoms with van der Waals surface area (Å²) in [7, 11) is -0.361. The molecule has 0 bridgehead atoms. The van der Waals surface area contributed by atoms with Crippen LogP contribution in [-0.2, 0) is 17.2 Å². The van der Waals surface area contributed by atoms with E-state index in [9.17, 15) is 22.2 Å². The number of hydrogen-bond acceptors (Lipinski definition) is 3. The SMILES string of the molecule is COc1cc(NC(=O)c2ccc(-c3ccccc3C(F)(F)F)c(C)c2)ccc1S(N)=O. The molecule has 3 N–H and O–H groups in total. The Kier molecular flexibility index (Phi) is 6.47. The van der Waals surface area contributed by atoms with Gasteiger partial charge in [-0.05, 0) is 53.9 Å². The monoisotopic (exact) mass is 448 g/mol. The predicted molar refractivity (Wildman–Crippen MR) is 113 cm³/mol. The van der Waals surface area contributed by atoms with Crippen molar-refractivity contribution in [2.24, 2.45) is 5.14 Å². The maximum atomic E-state index is 13.4. The van der Waals surface area contributed by atoms with E-state index in [1.807, 2.05) is 0 Å². The second kappa shape index (κ2) is 8.91. The fourth-order valence-corrected chi connectivity index (χ4v) is 3.73. The van der Waals surface area contributed by atoms with Gasteiger partial charge >= 0.3 is 6.18 Å². The maximum absolute atomic E-state index is 13.4. The van der Waals surface area contributed by atoms with Gasteiger partial charge in [-0.1, -0.05) is 24.3 Å². The molecule has 0 saturated heterocycles. The van der Waals surface area contributed by atoms with Crippen LogP contribution in [0.4, 0.5) is 18.9 Å². The molecule has 31 heavy (non-hydrogen) atoms. The smallest absolute Gasteiger partial charge is 0.417 e. The molecular weight excluding hydrogens is 429 g/mol. The van der Waals surface area contributed by atoms with Gasteiger partial charge < -0.3 is 10.1 Å². The van der Waals surface area contributed by atoms with Crippen molar-refractivity contribution < 1.29 is 26.9 Å². The van der Waals surface area contributed by atoms with Gasteiger partial charge in [-0.15, -0.1) is 0 Å². The topological polar surface area (TPSA) is 81.4 Å². The molecule has 0 aliphatic carbocycles. The zero-order chi connectivity index (χ0) is 22.8. The summed E-state index contributed by atoms with van der Waals surface area (Å²) < 4.78 is 56.7. The van der Waals surface area contributed by atoms with Gasteiger partial charge in [0.15, 0.2) is 0 Å². The first-order chi connectivity index (χ1) is 14.6. The van der Waals surface area contributed by atoms with E-state index in [2.05, 4.69) is 5.32 Å². The summed E-state index contributed by atoms with van der Waals surface area (Å²) in [5.74, 6) is -0.198. The van der Waals surface area contributed by atoms with Crippen LogP contribution < -0.4 is 15.2 Å². The van der Waals surface area contributed by atoms with Crippen molar-refractivity contribution >= 4 is 22.6 Å². The van der Waals surface area contributed by atoms with Crippen molar-refractivity contribution in [1.82, 2.24) is 0 Å². The van der Waals surface area contributed by atoms with E-state index in [1.54, 1.807) is 6.92 Å². The zero-order valence-electron chi connectivity index (χ0n) is 16.6. The Balaban J connectivity index is 1.89. The van der Waals surface area contributed by atoms with Crippen molar-refractivity contribution in [3.8, 4) is 16.9 Å². The Morgan fingerprint density at radius 3 is 2.35 bits per heavy atom. The molecule has 3 rings (SSSR count). The molecule has 162 valence electrons. The van der Waals surface area contributed by atoms with E-state index in [1.165, 1.54) is 61.7 Å². The minimum atomic E-state index is -4.49. The van der Waals surface area contributed by atoms with Crippen LogP contribution in [0.25, 0.3) is 11.1 Å². The van der Waals surface area contributed by atoms with E-state index in [0.29, 0.717) is 16.8 Å². The van der Waals surface area contributed by atoms with Gasteiger partial charge in [0.25, 0.3) is 5.91 Å². The normalized spacial score (nSPS) is 12.3. The van der Waals surface area contributed by atoms with Gasteiger partial charge in [0.1, 0.15) is 16.7 Å². The van der Waals surface area contributed by atoms with Crippen LogP contribution in [0.5, 0.6) is 5.75 Å². The van der Waals surface area contributed by atoms with E-state index < -0.39 is 28.6 Å². The first-order valence-electron chi connectivity index (χ1n) is 9.04. The summed E-state index contributed by atoms with van der Waals surface area (Å²) in [5, 5.41) is 8.07. The van der Waals surface area contributed by atoms with Crippen LogP contribution in [-0.4, -0.2) is 17.2 Å². The Morgan fingerprint density at radius 2 is 1.74 bits per heavy atom. The molecule has 0 aliphatic rings. The van der Waals surface area contributed by atoms with Gasteiger partial charge in [0.2, 0.25) is 0 Å². The molecule has 0 fully saturated rings. The number of aryl methyl sites for hydroxylation is 1. The molecule has 5 nitrogen and oxygen atoms in total. The number of carbonyl (C=O) groups excluding carboxylic acids is 1. The van der Waals surface area contributed by atoms with Gasteiger partial charge in [-0.3, -0.25) is 4.79 Å². The number of amides is 1. The molecule has 0 heterocycles. The number of nitrogens with two attached hydrogens (primary N) is 1. The quantitative estimate of drug-likeness (QED) is 0.581. The second-order valence-corrected chi connectivity index (χ2v) is 7.72. The van der Waals surface area contributed by atoms with Crippen molar-refractivity contribution in [2.75, 3.05) is 12.4 Å². The summed E-state index contributed by atoms with van der Waals surface area (Å²) >= 11 is 0. The van der Waals surface area contributed by atoms with Crippen LogP contribution in [0.3, 0.4) is 0 Å². The van der Waals surface area contributed by atoms with E-state index in [0.717, 1.165) is 6.07 Å². The summed E-state index contributed by atoms with van der Waals surface area (Å²) in [6, 6.07) is 14.3. The lowest BCUT2D eigenvalue weighted by molar-refractivity contribution is -0.137. The predicted octanol–water partition coefficient (Wildman–Crippen LogP) is 4.92. The highest BCUT2D eigenvalue weighted by atomic mass is 32.2. The third kappa shape index (κ3) is 4.95. The molecule has 0 spiro atoms. The number of anilines is 1. The molecule has 9 heteroatoms. The van der Waals surface area contributed by atoms with Crippen molar-refractivity contribution in [3.05, 3.63) is 77.4 Å². The van der Waals surface area contributed by atoms with Crippen LogP contribution >= 0.6 is 0 Å². The third-order valence-electron chi connectivity index (χ3n) is 4.65. The molecule has 1 unspecified atom stereocenters. The Morgan fingerprint density at radius 1 is 1.03 bits per heavy atom. The summed E-state index contributed by atoms with van der Waals surface area (Å²) in [4.78, 5) is 12.9. The van der Waals surface area contributed by atoms with Crippen LogP contribution in [0.1, 0.15) is 21.5 Å². The molecule has 0 radical (unpaired) electrons. The highest BCUT2D eigenvalue weighted by molar-refractivity contribution is 7.82. The number of nitrogens with one attached hydrogen (secondary N) is 1. The molecule has 0 saturated carbocycles. The Hall–Kier alpha value is -3.17. The Bertz CT molecular complexity index is 1160. The number of hydrogen-bond donors (Lipinski definition) is 2. The van der Waals surface area contributed by atoms with Crippen LogP contribution in [0.2, 0.25) is 0 Å². The molecular formula is C22H19F3N2O3S. The minimum absolute atomic E-state index is 0.0505. The van der Waals surface area contributed by atoms with Gasteiger partial charge in [0, 0.05) is 17.3 Å². The van der Waals surface area contributed by atoms with E-state index in [4.69, 9.17) is 9.88 Å². The third-order valence-corrected chi connectivity index (χ3v) is 5.42. The second-order valence-electron chi connectivity index (χ2n) is 6.69. The lowest BCUT2D eigenvalue weighted by Gasteiger charge is -2.15. The van der Waals surface area contributed by atoms with E-state index >= 15 is 0 Å². The van der Waals surface area contributed by atoms with Crippen molar-refractivity contribution in [3.63, 3.8) is 0 Å². The maximum Gasteiger partial charge on any atom is 0.417 e. The first kappa shape index (κ1) is 22.5. The average Bonchev–Trinajstić information content (AvgIpc) is 2.72. The van der Waals surface area contributed by atoms with Crippen LogP contribution in [0, 0.1) is 6.92 Å². The molecule has 3 aromatic carbocycles. The largest absolute Gasteiger partial charge is 0.495 e. The first-order valence-corrected chi connectivity index (χ1v) is 10.3. The average molecular weight is 448 g/mol. The number of benzene rings is 3. The van der Waals surface area contributed by atoms with Crippen molar-refractivity contribution in [2.45, 2.75) is 18.0 Å². The van der Waals surface area contributed by atoms with E-state index in [-0.39, 0.29) is 21.8 Å². The van der Waals surface area contributed by atoms with Crippen LogP contribution in [0.15, 0.2) is 65.6 Å². The highest BCUT2D eigenvalue weighted by Crippen LogP contribution is 2.38. The van der Waals surface area contributed by atoms with Gasteiger partial charge in [-0.2, -0.15) is 13.2 Å². The summed E-state index contributed by atoms with van der Waals surface area (Å²) in [6.07, 6.45) is -4.49. The fourth-order valence-electron chi connectivity index (χ4n) is 3.19. The summed E-state index contributed by atoms with van der Waals surface area (Å²) in [6.45, 7) is 1.65. The summed E-state index contributed by atoms with van der Waals surface area (Å²) in [5.41, 5.74) is 0.891. The number of halogens is 3. The number of rotatable bonds is 5. The Labute approximate surface area is 179 Å². The number of carbonyl (C=O) groups is 1. The fraction of sp³-hybridized carbons (Fsp3) is 0.136. The van der Waals surface area contributed by atoms with Crippen molar-refractivity contribution in [1.29, 1.82) is 0 Å². The lowest BCUT2D eigenvalue weighted by atomic mass is 9.94. The zero-order valence-corrected chi connectivity index (χ0v) is 17.4. The van der Waals surface area contributed by atoms with Gasteiger partial charge in [-0.25, -0.2) is 9.35 Å². The minimum Gasteiger partial charge on any atom is -0.495 e. The molecule has 0 aliphatic heterocycles. The molecule has 0 aromatic heterocycles.